The lowest BCUT2D eigenvalue weighted by molar-refractivity contribution is -0.139. The van der Waals surface area contributed by atoms with Gasteiger partial charge in [-0.1, -0.05) is 48.0 Å². The van der Waals surface area contributed by atoms with Gasteiger partial charge in [0.15, 0.2) is 15.6 Å². The van der Waals surface area contributed by atoms with Crippen LogP contribution in [-0.2, 0) is 25.9 Å². The van der Waals surface area contributed by atoms with Crippen molar-refractivity contribution in [2.75, 3.05) is 12.4 Å². The number of para-hydroxylation sites is 1. The monoisotopic (exact) mass is 391 g/mol. The highest BCUT2D eigenvalue weighted by Gasteiger charge is 2.25. The highest BCUT2D eigenvalue weighted by atomic mass is 35.5. The molecule has 0 aliphatic heterocycles. The fourth-order valence-corrected chi connectivity index (χ4v) is 4.38. The molecular formula is C19H18ClNO4S. The normalized spacial score (nSPS) is 11.6. The highest BCUT2D eigenvalue weighted by Crippen LogP contribution is 2.28. The number of sulfone groups is 1. The quantitative estimate of drug-likeness (QED) is 0.601. The maximum absolute atomic E-state index is 12.7. The lowest BCUT2D eigenvalue weighted by atomic mass is 10.2. The molecule has 0 radical (unpaired) electrons. The number of carbonyl (C=O) groups is 1. The summed E-state index contributed by atoms with van der Waals surface area (Å²) in [5, 5.41) is 1.19. The SMILES string of the molecule is CCOC(=O)CS(=O)(=O)c1cn(Cc2ccccc2Cl)c2ccccc12. The number of hydrogen-bond acceptors (Lipinski definition) is 4. The summed E-state index contributed by atoms with van der Waals surface area (Å²) in [7, 11) is -3.82. The van der Waals surface area contributed by atoms with Crippen LogP contribution >= 0.6 is 11.6 Å². The smallest absolute Gasteiger partial charge is 0.321 e. The van der Waals surface area contributed by atoms with Crippen LogP contribution in [0.15, 0.2) is 59.6 Å². The topological polar surface area (TPSA) is 65.4 Å². The van der Waals surface area contributed by atoms with Gasteiger partial charge in [0.2, 0.25) is 0 Å². The van der Waals surface area contributed by atoms with Crippen molar-refractivity contribution in [2.45, 2.75) is 18.4 Å². The van der Waals surface area contributed by atoms with Gasteiger partial charge >= 0.3 is 5.97 Å². The Morgan fingerprint density at radius 1 is 1.12 bits per heavy atom. The van der Waals surface area contributed by atoms with Crippen molar-refractivity contribution < 1.29 is 17.9 Å². The first-order valence-electron chi connectivity index (χ1n) is 8.12. The summed E-state index contributed by atoms with van der Waals surface area (Å²) >= 11 is 6.23. The Hall–Kier alpha value is -2.31. The van der Waals surface area contributed by atoms with E-state index in [9.17, 15) is 13.2 Å². The number of hydrogen-bond donors (Lipinski definition) is 0. The van der Waals surface area contributed by atoms with Crippen LogP contribution in [0.25, 0.3) is 10.9 Å². The van der Waals surface area contributed by atoms with Crippen molar-refractivity contribution in [1.82, 2.24) is 4.57 Å². The average molecular weight is 392 g/mol. The number of benzene rings is 2. The largest absolute Gasteiger partial charge is 0.465 e. The number of ether oxygens (including phenoxy) is 1. The number of fused-ring (bicyclic) bond motifs is 1. The molecule has 26 heavy (non-hydrogen) atoms. The van der Waals surface area contributed by atoms with Crippen LogP contribution in [-0.4, -0.2) is 31.3 Å². The Bertz CT molecular complexity index is 1060. The molecule has 0 aliphatic rings. The summed E-state index contributed by atoms with van der Waals surface area (Å²) in [6.07, 6.45) is 1.56. The van der Waals surface area contributed by atoms with Crippen LogP contribution in [0.1, 0.15) is 12.5 Å². The van der Waals surface area contributed by atoms with Crippen LogP contribution in [0.3, 0.4) is 0 Å². The van der Waals surface area contributed by atoms with Gasteiger partial charge < -0.3 is 9.30 Å². The Morgan fingerprint density at radius 3 is 2.54 bits per heavy atom. The molecule has 1 aromatic heterocycles. The molecule has 0 fully saturated rings. The lowest BCUT2D eigenvalue weighted by Gasteiger charge is -2.07. The Balaban J connectivity index is 2.05. The predicted molar refractivity (Wildman–Crippen MR) is 101 cm³/mol. The molecule has 0 saturated heterocycles. The molecular weight excluding hydrogens is 374 g/mol. The van der Waals surface area contributed by atoms with Gasteiger partial charge in [-0.3, -0.25) is 4.79 Å². The fraction of sp³-hybridized carbons (Fsp3) is 0.211. The Kier molecular flexibility index (Phi) is 5.34. The average Bonchev–Trinajstić information content (AvgIpc) is 2.96. The first-order valence-corrected chi connectivity index (χ1v) is 10.1. The molecule has 7 heteroatoms. The van der Waals surface area contributed by atoms with Gasteiger partial charge in [0.25, 0.3) is 0 Å². The number of halogens is 1. The van der Waals surface area contributed by atoms with Crippen LogP contribution in [0.2, 0.25) is 5.02 Å². The molecule has 0 saturated carbocycles. The van der Waals surface area contributed by atoms with E-state index >= 15 is 0 Å². The van der Waals surface area contributed by atoms with E-state index in [4.69, 9.17) is 16.3 Å². The van der Waals surface area contributed by atoms with Gasteiger partial charge in [0, 0.05) is 28.7 Å². The van der Waals surface area contributed by atoms with E-state index in [2.05, 4.69) is 0 Å². The van der Waals surface area contributed by atoms with E-state index in [0.29, 0.717) is 17.0 Å². The fourth-order valence-electron chi connectivity index (χ4n) is 2.84. The minimum absolute atomic E-state index is 0.119. The van der Waals surface area contributed by atoms with Crippen molar-refractivity contribution in [1.29, 1.82) is 0 Å². The Labute approximate surface area is 157 Å². The number of esters is 1. The van der Waals surface area contributed by atoms with Gasteiger partial charge in [0.05, 0.1) is 11.5 Å². The molecule has 0 aliphatic carbocycles. The van der Waals surface area contributed by atoms with E-state index in [0.717, 1.165) is 11.1 Å². The molecule has 0 bridgehead atoms. The van der Waals surface area contributed by atoms with E-state index in [1.807, 2.05) is 34.9 Å². The molecule has 0 amide bonds. The number of carbonyl (C=O) groups excluding carboxylic acids is 1. The summed E-state index contributed by atoms with van der Waals surface area (Å²) in [5.41, 5.74) is 1.64. The van der Waals surface area contributed by atoms with Crippen LogP contribution in [0.4, 0.5) is 0 Å². The molecule has 5 nitrogen and oxygen atoms in total. The van der Waals surface area contributed by atoms with Crippen LogP contribution < -0.4 is 0 Å². The van der Waals surface area contributed by atoms with E-state index in [1.54, 1.807) is 31.3 Å². The van der Waals surface area contributed by atoms with Crippen molar-refractivity contribution in [2.24, 2.45) is 0 Å². The molecule has 136 valence electrons. The third-order valence-electron chi connectivity index (χ3n) is 4.00. The number of nitrogens with zero attached hydrogens (tertiary/aromatic N) is 1. The summed E-state index contributed by atoms with van der Waals surface area (Å²) in [6.45, 7) is 2.21. The first-order chi connectivity index (χ1) is 12.4. The zero-order valence-corrected chi connectivity index (χ0v) is 15.8. The van der Waals surface area contributed by atoms with Crippen LogP contribution in [0, 0.1) is 0 Å². The maximum Gasteiger partial charge on any atom is 0.321 e. The second-order valence-electron chi connectivity index (χ2n) is 5.79. The number of rotatable bonds is 6. The lowest BCUT2D eigenvalue weighted by Crippen LogP contribution is -2.18. The van der Waals surface area contributed by atoms with Gasteiger partial charge in [-0.15, -0.1) is 0 Å². The van der Waals surface area contributed by atoms with Gasteiger partial charge in [-0.25, -0.2) is 8.42 Å². The first kappa shape index (κ1) is 18.5. The van der Waals surface area contributed by atoms with Gasteiger partial charge in [-0.05, 0) is 24.6 Å². The third-order valence-corrected chi connectivity index (χ3v) is 5.98. The zero-order chi connectivity index (χ0) is 18.7. The summed E-state index contributed by atoms with van der Waals surface area (Å²) in [6, 6.07) is 14.6. The second-order valence-corrected chi connectivity index (χ2v) is 8.16. The van der Waals surface area contributed by atoms with Crippen LogP contribution in [0.5, 0.6) is 0 Å². The number of aromatic nitrogens is 1. The summed E-state index contributed by atoms with van der Waals surface area (Å²) < 4.78 is 32.1. The van der Waals surface area contributed by atoms with Gasteiger partial charge in [-0.2, -0.15) is 0 Å². The minimum atomic E-state index is -3.82. The molecule has 3 aromatic rings. The minimum Gasteiger partial charge on any atom is -0.465 e. The van der Waals surface area contributed by atoms with E-state index in [1.165, 1.54) is 0 Å². The molecule has 2 aromatic carbocycles. The standard InChI is InChI=1S/C19H18ClNO4S/c1-2-25-19(22)13-26(23,24)18-12-21(17-10-6-4-8-15(17)18)11-14-7-3-5-9-16(14)20/h3-10,12H,2,11,13H2,1H3. The van der Waals surface area contributed by atoms with E-state index in [-0.39, 0.29) is 11.5 Å². The van der Waals surface area contributed by atoms with E-state index < -0.39 is 21.6 Å². The molecule has 1 heterocycles. The summed E-state index contributed by atoms with van der Waals surface area (Å²) in [4.78, 5) is 11.8. The molecule has 0 spiro atoms. The van der Waals surface area contributed by atoms with Crippen molar-refractivity contribution in [3.05, 3.63) is 65.3 Å². The molecule has 0 N–H and O–H groups in total. The zero-order valence-electron chi connectivity index (χ0n) is 14.2. The highest BCUT2D eigenvalue weighted by molar-refractivity contribution is 7.92. The summed E-state index contributed by atoms with van der Waals surface area (Å²) in [5.74, 6) is -1.43. The second kappa shape index (κ2) is 7.51. The van der Waals surface area contributed by atoms with Crippen molar-refractivity contribution in [3.63, 3.8) is 0 Å². The predicted octanol–water partition coefficient (Wildman–Crippen LogP) is 3.68. The van der Waals surface area contributed by atoms with Crippen molar-refractivity contribution >= 4 is 38.3 Å². The maximum atomic E-state index is 12.7. The molecule has 0 atom stereocenters. The third kappa shape index (κ3) is 3.76. The van der Waals surface area contributed by atoms with Gasteiger partial charge in [0.1, 0.15) is 0 Å². The Morgan fingerprint density at radius 2 is 1.81 bits per heavy atom. The molecule has 0 unspecified atom stereocenters. The molecule has 3 rings (SSSR count). The van der Waals surface area contributed by atoms with Crippen molar-refractivity contribution in [3.8, 4) is 0 Å².